The topological polar surface area (TPSA) is 80.0 Å². The van der Waals surface area contributed by atoms with Gasteiger partial charge < -0.3 is 4.74 Å². The molecule has 0 saturated heterocycles. The molecule has 0 unspecified atom stereocenters. The van der Waals surface area contributed by atoms with Gasteiger partial charge in [-0.15, -0.1) is 0 Å². The van der Waals surface area contributed by atoms with Crippen molar-refractivity contribution in [1.29, 1.82) is 5.26 Å². The Labute approximate surface area is 100 Å². The Morgan fingerprint density at radius 2 is 2.18 bits per heavy atom. The van der Waals surface area contributed by atoms with Crippen molar-refractivity contribution in [3.63, 3.8) is 0 Å². The molecular formula is C8H5ClF2N2O3S. The summed E-state index contributed by atoms with van der Waals surface area (Å²) in [5.74, 6) is -0.360. The van der Waals surface area contributed by atoms with E-state index in [4.69, 9.17) is 15.9 Å². The van der Waals surface area contributed by atoms with Gasteiger partial charge in [-0.3, -0.25) is 0 Å². The summed E-state index contributed by atoms with van der Waals surface area (Å²) in [7, 11) is 1.79. The van der Waals surface area contributed by atoms with Crippen LogP contribution in [0.3, 0.4) is 0 Å². The van der Waals surface area contributed by atoms with Gasteiger partial charge in [0.15, 0.2) is 5.75 Å². The van der Waals surface area contributed by atoms with Crippen LogP contribution in [0.2, 0.25) is 0 Å². The van der Waals surface area contributed by atoms with Crippen molar-refractivity contribution in [2.45, 2.75) is 11.5 Å². The maximum Gasteiger partial charge on any atom is 0.282 e. The molecule has 1 aromatic heterocycles. The Balaban J connectivity index is 3.64. The number of alkyl halides is 2. The van der Waals surface area contributed by atoms with Crippen LogP contribution in [-0.2, 0) is 9.05 Å². The van der Waals surface area contributed by atoms with Crippen LogP contribution in [-0.4, -0.2) is 20.5 Å². The highest BCUT2D eigenvalue weighted by molar-refractivity contribution is 8.13. The van der Waals surface area contributed by atoms with E-state index >= 15 is 0 Å². The number of methoxy groups -OCH3 is 1. The number of hydrogen-bond acceptors (Lipinski definition) is 5. The Hall–Kier alpha value is -1.46. The molecule has 0 saturated carbocycles. The van der Waals surface area contributed by atoms with Gasteiger partial charge >= 0.3 is 0 Å². The highest BCUT2D eigenvalue weighted by atomic mass is 35.7. The molecular weight excluding hydrogens is 278 g/mol. The minimum absolute atomic E-state index is 0.360. The third-order valence-electron chi connectivity index (χ3n) is 1.76. The minimum Gasteiger partial charge on any atom is -0.494 e. The summed E-state index contributed by atoms with van der Waals surface area (Å²) >= 11 is 0. The maximum atomic E-state index is 12.5. The van der Waals surface area contributed by atoms with Crippen molar-refractivity contribution in [2.75, 3.05) is 7.11 Å². The lowest BCUT2D eigenvalue weighted by molar-refractivity contribution is 0.144. The lowest BCUT2D eigenvalue weighted by atomic mass is 10.2. The maximum absolute atomic E-state index is 12.5. The van der Waals surface area contributed by atoms with Gasteiger partial charge in [-0.25, -0.2) is 22.2 Å². The molecule has 0 aliphatic carbocycles. The second-order valence-electron chi connectivity index (χ2n) is 2.78. The molecule has 0 fully saturated rings. The van der Waals surface area contributed by atoms with Gasteiger partial charge in [0.05, 0.1) is 12.7 Å². The molecule has 0 aromatic carbocycles. The summed E-state index contributed by atoms with van der Waals surface area (Å²) in [6.45, 7) is 0. The Kier molecular flexibility index (Phi) is 3.85. The second kappa shape index (κ2) is 4.81. The Morgan fingerprint density at radius 3 is 2.53 bits per heavy atom. The standard InChI is InChI=1S/C8H5ClF2N2O3S/c1-16-5-2-4(3-12)6(7(10)11)13-8(5)17(9,14)15/h2,7H,1H3. The van der Waals surface area contributed by atoms with Crippen molar-refractivity contribution < 1.29 is 21.9 Å². The molecule has 1 aromatic rings. The van der Waals surface area contributed by atoms with Crippen molar-refractivity contribution in [2.24, 2.45) is 0 Å². The quantitative estimate of drug-likeness (QED) is 0.790. The van der Waals surface area contributed by atoms with E-state index in [2.05, 4.69) is 9.72 Å². The summed E-state index contributed by atoms with van der Waals surface area (Å²) < 4.78 is 51.8. The zero-order valence-electron chi connectivity index (χ0n) is 8.32. The van der Waals surface area contributed by atoms with Crippen LogP contribution in [0.25, 0.3) is 0 Å². The predicted octanol–water partition coefficient (Wildman–Crippen LogP) is 1.83. The summed E-state index contributed by atoms with van der Waals surface area (Å²) in [6.07, 6.45) is -3.09. The highest BCUT2D eigenvalue weighted by Gasteiger charge is 2.25. The first kappa shape index (κ1) is 13.6. The van der Waals surface area contributed by atoms with Crippen molar-refractivity contribution in [3.8, 4) is 11.8 Å². The molecule has 0 atom stereocenters. The SMILES string of the molecule is COc1cc(C#N)c(C(F)F)nc1S(=O)(=O)Cl. The normalized spacial score (nSPS) is 11.3. The molecule has 1 heterocycles. The van der Waals surface area contributed by atoms with Gasteiger partial charge in [0.25, 0.3) is 15.5 Å². The van der Waals surface area contributed by atoms with Crippen molar-refractivity contribution >= 4 is 19.7 Å². The van der Waals surface area contributed by atoms with Gasteiger partial charge in [0.2, 0.25) is 5.03 Å². The fourth-order valence-corrected chi connectivity index (χ4v) is 1.99. The van der Waals surface area contributed by atoms with Gasteiger partial charge in [-0.2, -0.15) is 5.26 Å². The van der Waals surface area contributed by atoms with E-state index in [0.717, 1.165) is 13.2 Å². The van der Waals surface area contributed by atoms with Crippen LogP contribution in [0.4, 0.5) is 8.78 Å². The molecule has 0 radical (unpaired) electrons. The van der Waals surface area contributed by atoms with E-state index in [0.29, 0.717) is 0 Å². The lowest BCUT2D eigenvalue weighted by Crippen LogP contribution is -2.05. The minimum atomic E-state index is -4.33. The van der Waals surface area contributed by atoms with Crippen LogP contribution < -0.4 is 4.74 Å². The number of nitrogens with zero attached hydrogens (tertiary/aromatic N) is 2. The van der Waals surface area contributed by atoms with E-state index in [1.165, 1.54) is 6.07 Å². The fraction of sp³-hybridized carbons (Fsp3) is 0.250. The molecule has 1 rings (SSSR count). The van der Waals surface area contributed by atoms with E-state index in [1.54, 1.807) is 0 Å². The predicted molar refractivity (Wildman–Crippen MR) is 53.5 cm³/mol. The number of halogens is 3. The van der Waals surface area contributed by atoms with Crippen LogP contribution in [0.5, 0.6) is 5.75 Å². The number of rotatable bonds is 3. The molecule has 0 N–H and O–H groups in total. The zero-order valence-corrected chi connectivity index (χ0v) is 9.89. The van der Waals surface area contributed by atoms with Gasteiger partial charge in [-0.1, -0.05) is 0 Å². The van der Waals surface area contributed by atoms with Crippen LogP contribution in [0.1, 0.15) is 17.7 Å². The van der Waals surface area contributed by atoms with Crippen molar-refractivity contribution in [3.05, 3.63) is 17.3 Å². The molecule has 0 spiro atoms. The zero-order chi connectivity index (χ0) is 13.2. The molecule has 17 heavy (non-hydrogen) atoms. The largest absolute Gasteiger partial charge is 0.494 e. The first-order chi connectivity index (χ1) is 7.81. The first-order valence-electron chi connectivity index (χ1n) is 4.03. The number of ether oxygens (including phenoxy) is 1. The number of nitriles is 1. The van der Waals surface area contributed by atoms with E-state index in [9.17, 15) is 17.2 Å². The lowest BCUT2D eigenvalue weighted by Gasteiger charge is -2.08. The van der Waals surface area contributed by atoms with E-state index in [-0.39, 0.29) is 5.75 Å². The second-order valence-corrected chi connectivity index (χ2v) is 5.26. The van der Waals surface area contributed by atoms with Crippen LogP contribution in [0.15, 0.2) is 11.1 Å². The molecule has 9 heteroatoms. The molecule has 0 aliphatic heterocycles. The summed E-state index contributed by atoms with van der Waals surface area (Å²) in [5.41, 5.74) is -1.42. The smallest absolute Gasteiger partial charge is 0.282 e. The van der Waals surface area contributed by atoms with Gasteiger partial charge in [0.1, 0.15) is 11.8 Å². The summed E-state index contributed by atoms with van der Waals surface area (Å²) in [4.78, 5) is 3.17. The Morgan fingerprint density at radius 1 is 1.59 bits per heavy atom. The molecule has 5 nitrogen and oxygen atoms in total. The van der Waals surface area contributed by atoms with Gasteiger partial charge in [0, 0.05) is 16.7 Å². The molecule has 0 aliphatic rings. The third-order valence-corrected chi connectivity index (χ3v) is 2.96. The molecule has 0 bridgehead atoms. The van der Waals surface area contributed by atoms with Crippen LogP contribution >= 0.6 is 10.7 Å². The van der Waals surface area contributed by atoms with Crippen LogP contribution in [0, 0.1) is 11.3 Å². The van der Waals surface area contributed by atoms with Crippen molar-refractivity contribution in [1.82, 2.24) is 4.98 Å². The van der Waals surface area contributed by atoms with E-state index < -0.39 is 31.8 Å². The Bertz CT molecular complexity index is 583. The molecule has 0 amide bonds. The number of hydrogen-bond donors (Lipinski definition) is 0. The number of aromatic nitrogens is 1. The third kappa shape index (κ3) is 2.81. The summed E-state index contributed by atoms with van der Waals surface area (Å²) in [5, 5.41) is 7.78. The van der Waals surface area contributed by atoms with E-state index in [1.807, 2.05) is 0 Å². The van der Waals surface area contributed by atoms with Gasteiger partial charge in [-0.05, 0) is 0 Å². The molecule has 92 valence electrons. The fourth-order valence-electron chi connectivity index (χ4n) is 1.07. The average molecular weight is 283 g/mol. The number of pyridine rings is 1. The highest BCUT2D eigenvalue weighted by Crippen LogP contribution is 2.30. The summed E-state index contributed by atoms with van der Waals surface area (Å²) in [6, 6.07) is 2.32. The average Bonchev–Trinajstić information content (AvgIpc) is 2.25. The first-order valence-corrected chi connectivity index (χ1v) is 6.34. The monoisotopic (exact) mass is 282 g/mol.